The lowest BCUT2D eigenvalue weighted by Crippen LogP contribution is -2.25. The fourth-order valence-corrected chi connectivity index (χ4v) is 1.73. The maximum absolute atomic E-state index is 5.56. The van der Waals surface area contributed by atoms with Gasteiger partial charge in [-0.25, -0.2) is 0 Å². The molecule has 0 saturated carbocycles. The Kier molecular flexibility index (Phi) is 2.34. The highest BCUT2D eigenvalue weighted by molar-refractivity contribution is 5.19. The fraction of sp³-hybridized carbons (Fsp3) is 0.455. The van der Waals surface area contributed by atoms with Gasteiger partial charge in [-0.2, -0.15) is 0 Å². The van der Waals surface area contributed by atoms with Crippen LogP contribution in [0.15, 0.2) is 30.3 Å². The van der Waals surface area contributed by atoms with Crippen molar-refractivity contribution in [2.45, 2.75) is 19.2 Å². The zero-order valence-corrected chi connectivity index (χ0v) is 8.10. The Morgan fingerprint density at radius 3 is 2.54 bits per heavy atom. The minimum absolute atomic E-state index is 0.241. The van der Waals surface area contributed by atoms with E-state index >= 15 is 0 Å². The number of hydrogen-bond acceptors (Lipinski definition) is 2. The largest absolute Gasteiger partial charge is 0.361 e. The van der Waals surface area contributed by atoms with E-state index in [1.165, 1.54) is 5.56 Å². The van der Waals surface area contributed by atoms with Gasteiger partial charge in [0.05, 0.1) is 12.6 Å². The summed E-state index contributed by atoms with van der Waals surface area (Å²) in [6.07, 6.45) is 0.241. The molecule has 0 aromatic heterocycles. The first-order valence-corrected chi connectivity index (χ1v) is 4.67. The second-order valence-electron chi connectivity index (χ2n) is 3.52. The average molecular weight is 177 g/mol. The second-order valence-corrected chi connectivity index (χ2v) is 3.52. The molecule has 1 aromatic rings. The van der Waals surface area contributed by atoms with Gasteiger partial charge in [0.25, 0.3) is 0 Å². The van der Waals surface area contributed by atoms with Gasteiger partial charge in [-0.3, -0.25) is 4.90 Å². The van der Waals surface area contributed by atoms with Gasteiger partial charge >= 0.3 is 0 Å². The average Bonchev–Trinajstić information content (AvgIpc) is 2.49. The quantitative estimate of drug-likeness (QED) is 0.651. The fourth-order valence-electron chi connectivity index (χ4n) is 1.73. The number of hydrogen-bond donors (Lipinski definition) is 0. The van der Waals surface area contributed by atoms with Gasteiger partial charge < -0.3 is 4.74 Å². The third-order valence-electron chi connectivity index (χ3n) is 2.74. The number of likely N-dealkylation sites (N-methyl/N-ethyl adjacent to an activating group) is 1. The summed E-state index contributed by atoms with van der Waals surface area (Å²) in [5.41, 5.74) is 1.34. The van der Waals surface area contributed by atoms with E-state index in [0.29, 0.717) is 6.04 Å². The van der Waals surface area contributed by atoms with Crippen LogP contribution in [-0.2, 0) is 4.74 Å². The summed E-state index contributed by atoms with van der Waals surface area (Å²) in [5.74, 6) is 0. The van der Waals surface area contributed by atoms with E-state index in [4.69, 9.17) is 4.74 Å². The van der Waals surface area contributed by atoms with Crippen LogP contribution in [0.4, 0.5) is 0 Å². The molecule has 0 bridgehead atoms. The van der Waals surface area contributed by atoms with Crippen LogP contribution in [0.3, 0.4) is 0 Å². The van der Waals surface area contributed by atoms with Crippen LogP contribution in [-0.4, -0.2) is 24.8 Å². The minimum atomic E-state index is 0.241. The zero-order valence-electron chi connectivity index (χ0n) is 8.10. The van der Waals surface area contributed by atoms with E-state index in [-0.39, 0.29) is 6.23 Å². The van der Waals surface area contributed by atoms with Crippen molar-refractivity contribution in [3.05, 3.63) is 35.9 Å². The molecule has 1 heterocycles. The Labute approximate surface area is 79.1 Å². The van der Waals surface area contributed by atoms with Crippen LogP contribution in [0.25, 0.3) is 0 Å². The summed E-state index contributed by atoms with van der Waals surface area (Å²) in [4.78, 5) is 2.26. The van der Waals surface area contributed by atoms with Crippen LogP contribution in [0.1, 0.15) is 18.5 Å². The molecule has 0 radical (unpaired) electrons. The van der Waals surface area contributed by atoms with E-state index in [0.717, 1.165) is 6.61 Å². The highest BCUT2D eigenvalue weighted by Crippen LogP contribution is 2.27. The predicted molar refractivity (Wildman–Crippen MR) is 52.4 cm³/mol. The summed E-state index contributed by atoms with van der Waals surface area (Å²) < 4.78 is 5.56. The van der Waals surface area contributed by atoms with Crippen molar-refractivity contribution in [2.24, 2.45) is 0 Å². The topological polar surface area (TPSA) is 12.5 Å². The second kappa shape index (κ2) is 3.48. The Bertz CT molecular complexity index is 273. The molecule has 1 aliphatic heterocycles. The predicted octanol–water partition coefficient (Wildman–Crippen LogP) is 2.04. The maximum atomic E-state index is 5.56. The SMILES string of the molecule is C[C@@H]1OC[C@@H](c2ccccc2)N1C. The summed E-state index contributed by atoms with van der Waals surface area (Å²) in [6.45, 7) is 2.89. The first kappa shape index (κ1) is 8.73. The summed E-state index contributed by atoms with van der Waals surface area (Å²) in [5, 5.41) is 0. The minimum Gasteiger partial charge on any atom is -0.361 e. The molecule has 0 amide bonds. The summed E-state index contributed by atoms with van der Waals surface area (Å²) in [7, 11) is 2.11. The molecule has 1 fully saturated rings. The first-order chi connectivity index (χ1) is 6.29. The van der Waals surface area contributed by atoms with Crippen LogP contribution in [0, 0.1) is 0 Å². The normalized spacial score (nSPS) is 29.4. The molecule has 2 nitrogen and oxygen atoms in total. The number of rotatable bonds is 1. The molecule has 1 aromatic carbocycles. The Morgan fingerprint density at radius 1 is 1.31 bits per heavy atom. The van der Waals surface area contributed by atoms with Crippen LogP contribution in [0.5, 0.6) is 0 Å². The van der Waals surface area contributed by atoms with Gasteiger partial charge in [0.15, 0.2) is 0 Å². The lowest BCUT2D eigenvalue weighted by Gasteiger charge is -2.20. The molecule has 2 heteroatoms. The highest BCUT2D eigenvalue weighted by Gasteiger charge is 2.28. The van der Waals surface area contributed by atoms with Crippen molar-refractivity contribution in [3.63, 3.8) is 0 Å². The van der Waals surface area contributed by atoms with E-state index in [9.17, 15) is 0 Å². The lowest BCUT2D eigenvalue weighted by atomic mass is 10.1. The highest BCUT2D eigenvalue weighted by atomic mass is 16.5. The van der Waals surface area contributed by atoms with Crippen molar-refractivity contribution in [1.82, 2.24) is 4.90 Å². The molecule has 0 unspecified atom stereocenters. The Balaban J connectivity index is 2.19. The van der Waals surface area contributed by atoms with Gasteiger partial charge in [0, 0.05) is 0 Å². The number of ether oxygens (including phenoxy) is 1. The molecular formula is C11H15NO. The molecule has 2 atom stereocenters. The van der Waals surface area contributed by atoms with Crippen LogP contribution < -0.4 is 0 Å². The molecule has 70 valence electrons. The van der Waals surface area contributed by atoms with Crippen molar-refractivity contribution in [3.8, 4) is 0 Å². The van der Waals surface area contributed by atoms with Crippen molar-refractivity contribution in [2.75, 3.05) is 13.7 Å². The zero-order chi connectivity index (χ0) is 9.26. The molecule has 0 N–H and O–H groups in total. The number of nitrogens with zero attached hydrogens (tertiary/aromatic N) is 1. The van der Waals surface area contributed by atoms with E-state index < -0.39 is 0 Å². The first-order valence-electron chi connectivity index (χ1n) is 4.67. The third kappa shape index (κ3) is 1.60. The molecule has 1 aliphatic rings. The van der Waals surface area contributed by atoms with Crippen molar-refractivity contribution >= 4 is 0 Å². The molecule has 1 saturated heterocycles. The molecule has 13 heavy (non-hydrogen) atoms. The van der Waals surface area contributed by atoms with Gasteiger partial charge in [0.1, 0.15) is 6.23 Å². The van der Waals surface area contributed by atoms with Gasteiger partial charge in [-0.1, -0.05) is 30.3 Å². The maximum Gasteiger partial charge on any atom is 0.108 e. The van der Waals surface area contributed by atoms with Gasteiger partial charge in [-0.05, 0) is 19.5 Å². The summed E-state index contributed by atoms with van der Waals surface area (Å²) >= 11 is 0. The smallest absolute Gasteiger partial charge is 0.108 e. The van der Waals surface area contributed by atoms with Gasteiger partial charge in [-0.15, -0.1) is 0 Å². The Hall–Kier alpha value is -0.860. The monoisotopic (exact) mass is 177 g/mol. The summed E-state index contributed by atoms with van der Waals surface area (Å²) in [6, 6.07) is 10.9. The molecule has 0 spiro atoms. The lowest BCUT2D eigenvalue weighted by molar-refractivity contribution is 0.0606. The number of benzene rings is 1. The third-order valence-corrected chi connectivity index (χ3v) is 2.74. The molecular weight excluding hydrogens is 162 g/mol. The molecule has 0 aliphatic carbocycles. The van der Waals surface area contributed by atoms with E-state index in [1.807, 2.05) is 6.07 Å². The van der Waals surface area contributed by atoms with Crippen molar-refractivity contribution in [1.29, 1.82) is 0 Å². The van der Waals surface area contributed by atoms with Crippen LogP contribution in [0.2, 0.25) is 0 Å². The van der Waals surface area contributed by atoms with Crippen LogP contribution >= 0.6 is 0 Å². The van der Waals surface area contributed by atoms with Crippen molar-refractivity contribution < 1.29 is 4.74 Å². The standard InChI is InChI=1S/C11H15NO/c1-9-12(2)11(8-13-9)10-6-4-3-5-7-10/h3-7,9,11H,8H2,1-2H3/t9-,11-/m0/s1. The van der Waals surface area contributed by atoms with E-state index in [2.05, 4.69) is 43.1 Å². The molecule has 2 rings (SSSR count). The van der Waals surface area contributed by atoms with Gasteiger partial charge in [0.2, 0.25) is 0 Å². The Morgan fingerprint density at radius 2 is 2.00 bits per heavy atom. The van der Waals surface area contributed by atoms with E-state index in [1.54, 1.807) is 0 Å².